The molecule has 0 radical (unpaired) electrons. The van der Waals surface area contributed by atoms with Gasteiger partial charge in [0.05, 0.1) is 13.1 Å². The minimum atomic E-state index is 0. The van der Waals surface area contributed by atoms with Crippen molar-refractivity contribution < 1.29 is 31.4 Å². The summed E-state index contributed by atoms with van der Waals surface area (Å²) in [6.07, 6.45) is 2.34. The second-order valence-electron chi connectivity index (χ2n) is 4.54. The smallest absolute Gasteiger partial charge is 0.209 e. The van der Waals surface area contributed by atoms with Gasteiger partial charge in [-0.05, 0) is 0 Å². The highest BCUT2D eigenvalue weighted by molar-refractivity contribution is 5.49. The Kier molecular flexibility index (Phi) is 9.36. The summed E-state index contributed by atoms with van der Waals surface area (Å²) in [4.78, 5) is 37.6. The zero-order valence-corrected chi connectivity index (χ0v) is 12.2. The topological polar surface area (TPSA) is 63.9 Å². The maximum Gasteiger partial charge on any atom is 0.209 e. The van der Waals surface area contributed by atoms with E-state index in [2.05, 4.69) is 6.72 Å². The lowest BCUT2D eigenvalue weighted by molar-refractivity contribution is -0.518. The van der Waals surface area contributed by atoms with Crippen LogP contribution in [0, 0.1) is 0 Å². The molecule has 1 saturated heterocycles. The van der Waals surface area contributed by atoms with Crippen LogP contribution >= 0.6 is 0 Å². The Balaban J connectivity index is 0.00000361. The maximum absolute atomic E-state index is 10.9. The van der Waals surface area contributed by atoms with Crippen LogP contribution in [0.2, 0.25) is 0 Å². The largest absolute Gasteiger partial charge is 1.00 e. The molecule has 114 valence electrons. The van der Waals surface area contributed by atoms with Gasteiger partial charge in [0.1, 0.15) is 6.72 Å². The van der Waals surface area contributed by atoms with E-state index in [1.54, 1.807) is 14.7 Å². The van der Waals surface area contributed by atoms with Crippen molar-refractivity contribution in [2.45, 2.75) is 0 Å². The molecule has 1 aliphatic rings. The second kappa shape index (κ2) is 10.2. The Hall–Kier alpha value is -1.63. The number of hydrogen-bond acceptors (Lipinski definition) is 3. The molecule has 0 aromatic carbocycles. The number of rotatable bonds is 3. The molecule has 0 saturated carbocycles. The molecular formula is C12H21ClN4O3. The Morgan fingerprint density at radius 2 is 1.00 bits per heavy atom. The van der Waals surface area contributed by atoms with E-state index in [1.165, 1.54) is 0 Å². The van der Waals surface area contributed by atoms with Crippen molar-refractivity contribution >= 4 is 25.9 Å². The summed E-state index contributed by atoms with van der Waals surface area (Å²) in [6, 6.07) is 0. The third kappa shape index (κ3) is 6.51. The van der Waals surface area contributed by atoms with Crippen LogP contribution in [-0.4, -0.2) is 97.6 Å². The first-order valence-electron chi connectivity index (χ1n) is 6.33. The van der Waals surface area contributed by atoms with Crippen molar-refractivity contribution in [2.24, 2.45) is 0 Å². The quantitative estimate of drug-likeness (QED) is 0.388. The van der Waals surface area contributed by atoms with Crippen molar-refractivity contribution in [1.29, 1.82) is 0 Å². The Labute approximate surface area is 125 Å². The fraction of sp³-hybridized carbons (Fsp3) is 0.667. The van der Waals surface area contributed by atoms with Crippen molar-refractivity contribution in [1.82, 2.24) is 14.7 Å². The van der Waals surface area contributed by atoms with Gasteiger partial charge in [-0.2, -0.15) is 0 Å². The Bertz CT molecular complexity index is 315. The molecule has 0 aliphatic carbocycles. The molecule has 8 heteroatoms. The van der Waals surface area contributed by atoms with Crippen LogP contribution < -0.4 is 12.4 Å². The molecule has 0 unspecified atom stereocenters. The fourth-order valence-electron chi connectivity index (χ4n) is 1.82. The zero-order chi connectivity index (χ0) is 14.1. The van der Waals surface area contributed by atoms with Crippen molar-refractivity contribution in [3.8, 4) is 0 Å². The lowest BCUT2D eigenvalue weighted by Crippen LogP contribution is -3.00. The standard InChI is InChI=1S/C12H21N4O3.ClH/c1-13-2-4-14(10-17)6-8-16(12-19)9-7-15(11-18)5-3-13;/h10-12H,1-9H2;1H/q+1;/p-1. The molecular weight excluding hydrogens is 284 g/mol. The van der Waals surface area contributed by atoms with Crippen LogP contribution in [0.25, 0.3) is 0 Å². The van der Waals surface area contributed by atoms with E-state index >= 15 is 0 Å². The second-order valence-corrected chi connectivity index (χ2v) is 4.54. The molecule has 0 N–H and O–H groups in total. The molecule has 3 amide bonds. The number of amides is 3. The lowest BCUT2D eigenvalue weighted by Gasteiger charge is -2.25. The Morgan fingerprint density at radius 1 is 0.700 bits per heavy atom. The molecule has 0 spiro atoms. The summed E-state index contributed by atoms with van der Waals surface area (Å²) < 4.78 is 1.84. The first kappa shape index (κ1) is 18.4. The normalized spacial score (nSPS) is 18.4. The summed E-state index contributed by atoms with van der Waals surface area (Å²) >= 11 is 0. The number of nitrogens with zero attached hydrogens (tertiary/aromatic N) is 4. The van der Waals surface area contributed by atoms with Gasteiger partial charge in [-0.15, -0.1) is 0 Å². The molecule has 0 aromatic heterocycles. The third-order valence-corrected chi connectivity index (χ3v) is 3.20. The number of halogens is 1. The van der Waals surface area contributed by atoms with Crippen LogP contribution in [0.15, 0.2) is 0 Å². The molecule has 20 heavy (non-hydrogen) atoms. The van der Waals surface area contributed by atoms with E-state index < -0.39 is 0 Å². The van der Waals surface area contributed by atoms with Gasteiger partial charge in [-0.3, -0.25) is 14.4 Å². The number of carbonyl (C=O) groups excluding carboxylic acids is 3. The molecule has 1 fully saturated rings. The minimum Gasteiger partial charge on any atom is -1.00 e. The summed E-state index contributed by atoms with van der Waals surface area (Å²) in [7, 11) is 0. The van der Waals surface area contributed by atoms with E-state index in [-0.39, 0.29) is 12.4 Å². The average Bonchev–Trinajstić information content (AvgIpc) is 2.43. The molecule has 0 aromatic rings. The first-order chi connectivity index (χ1) is 9.19. The first-order valence-corrected chi connectivity index (χ1v) is 6.33. The van der Waals surface area contributed by atoms with Gasteiger partial charge < -0.3 is 27.1 Å². The highest BCUT2D eigenvalue weighted by Crippen LogP contribution is 1.93. The summed E-state index contributed by atoms with van der Waals surface area (Å²) in [5.74, 6) is 0. The SMILES string of the molecule is C=[N+]1CCN(C=O)CCN(C=O)CCN(C=O)CC1.[Cl-]. The van der Waals surface area contributed by atoms with Crippen LogP contribution in [0.1, 0.15) is 0 Å². The predicted octanol–water partition coefficient (Wildman–Crippen LogP) is -4.91. The van der Waals surface area contributed by atoms with E-state index in [1.807, 2.05) is 4.58 Å². The fourth-order valence-corrected chi connectivity index (χ4v) is 1.82. The summed E-state index contributed by atoms with van der Waals surface area (Å²) in [6.45, 7) is 8.26. The average molecular weight is 305 g/mol. The number of carbonyl (C=O) groups is 3. The molecule has 0 bridgehead atoms. The molecule has 7 nitrogen and oxygen atoms in total. The monoisotopic (exact) mass is 304 g/mol. The maximum atomic E-state index is 10.9. The minimum absolute atomic E-state index is 0. The van der Waals surface area contributed by atoms with Crippen LogP contribution in [0.4, 0.5) is 0 Å². The highest BCUT2D eigenvalue weighted by Gasteiger charge is 2.13. The molecule has 1 rings (SSSR count). The summed E-state index contributed by atoms with van der Waals surface area (Å²) in [5.41, 5.74) is 0. The van der Waals surface area contributed by atoms with E-state index in [4.69, 9.17) is 0 Å². The van der Waals surface area contributed by atoms with Gasteiger partial charge in [0.15, 0.2) is 13.1 Å². The summed E-state index contributed by atoms with van der Waals surface area (Å²) in [5, 5.41) is 0. The van der Waals surface area contributed by atoms with Gasteiger partial charge in [0.2, 0.25) is 19.2 Å². The van der Waals surface area contributed by atoms with E-state index in [0.29, 0.717) is 52.4 Å². The lowest BCUT2D eigenvalue weighted by atomic mass is 10.4. The van der Waals surface area contributed by atoms with Gasteiger partial charge in [0.25, 0.3) is 0 Å². The van der Waals surface area contributed by atoms with Crippen molar-refractivity contribution in [3.05, 3.63) is 0 Å². The van der Waals surface area contributed by atoms with Crippen LogP contribution in [0.3, 0.4) is 0 Å². The predicted molar refractivity (Wildman–Crippen MR) is 70.0 cm³/mol. The third-order valence-electron chi connectivity index (χ3n) is 3.20. The van der Waals surface area contributed by atoms with Gasteiger partial charge in [0, 0.05) is 26.2 Å². The molecule has 1 aliphatic heterocycles. The van der Waals surface area contributed by atoms with Gasteiger partial charge in [-0.1, -0.05) is 0 Å². The number of hydrogen-bond donors (Lipinski definition) is 0. The highest BCUT2D eigenvalue weighted by atomic mass is 35.5. The van der Waals surface area contributed by atoms with Crippen molar-refractivity contribution in [2.75, 3.05) is 52.4 Å². The van der Waals surface area contributed by atoms with E-state index in [9.17, 15) is 14.4 Å². The van der Waals surface area contributed by atoms with Gasteiger partial charge in [-0.25, -0.2) is 4.58 Å². The van der Waals surface area contributed by atoms with Gasteiger partial charge >= 0.3 is 0 Å². The van der Waals surface area contributed by atoms with E-state index in [0.717, 1.165) is 19.2 Å². The Morgan fingerprint density at radius 3 is 1.30 bits per heavy atom. The van der Waals surface area contributed by atoms with Crippen LogP contribution in [0.5, 0.6) is 0 Å². The zero-order valence-electron chi connectivity index (χ0n) is 11.5. The van der Waals surface area contributed by atoms with Crippen LogP contribution in [-0.2, 0) is 14.4 Å². The molecule has 1 heterocycles. The molecule has 0 atom stereocenters. The van der Waals surface area contributed by atoms with Crippen molar-refractivity contribution in [3.63, 3.8) is 0 Å².